The van der Waals surface area contributed by atoms with E-state index in [-0.39, 0.29) is 11.9 Å². The van der Waals surface area contributed by atoms with Crippen LogP contribution in [0.2, 0.25) is 0 Å². The molecular weight excluding hydrogens is 300 g/mol. The van der Waals surface area contributed by atoms with Gasteiger partial charge in [-0.15, -0.1) is 0 Å². The number of guanidine groups is 1. The van der Waals surface area contributed by atoms with E-state index in [0.717, 1.165) is 33.3 Å². The number of aliphatic imine (C=N–C) groups is 1. The number of carbonyl (C=O) groups excluding carboxylic acids is 1. The van der Waals surface area contributed by atoms with E-state index < -0.39 is 0 Å². The van der Waals surface area contributed by atoms with Gasteiger partial charge < -0.3 is 16.8 Å². The second-order valence-electron chi connectivity index (χ2n) is 5.51. The van der Waals surface area contributed by atoms with Gasteiger partial charge in [-0.2, -0.15) is 0 Å². The van der Waals surface area contributed by atoms with Gasteiger partial charge in [0.15, 0.2) is 5.96 Å². The van der Waals surface area contributed by atoms with E-state index >= 15 is 0 Å². The van der Waals surface area contributed by atoms with Crippen molar-refractivity contribution in [1.29, 1.82) is 0 Å². The largest absolute Gasteiger partial charge is 0.370 e. The van der Waals surface area contributed by atoms with Crippen molar-refractivity contribution in [2.24, 2.45) is 16.5 Å². The van der Waals surface area contributed by atoms with Gasteiger partial charge >= 0.3 is 0 Å². The van der Waals surface area contributed by atoms with Gasteiger partial charge in [-0.05, 0) is 46.2 Å². The van der Waals surface area contributed by atoms with Crippen molar-refractivity contribution >= 4 is 34.0 Å². The average molecular weight is 318 g/mol. The van der Waals surface area contributed by atoms with Crippen molar-refractivity contribution in [2.75, 3.05) is 5.32 Å². The lowest BCUT2D eigenvalue weighted by atomic mass is 9.98. The average Bonchev–Trinajstić information content (AvgIpc) is 2.54. The van der Waals surface area contributed by atoms with Crippen LogP contribution in [0.5, 0.6) is 0 Å². The maximum atomic E-state index is 11.1. The van der Waals surface area contributed by atoms with Crippen LogP contribution < -0.4 is 16.8 Å². The summed E-state index contributed by atoms with van der Waals surface area (Å²) in [6.45, 7) is 1.49. The number of fused-ring (bicyclic) bond motifs is 1. The number of hydrogen-bond acceptors (Lipinski definition) is 2. The molecule has 0 spiro atoms. The van der Waals surface area contributed by atoms with Gasteiger partial charge in [-0.1, -0.05) is 36.4 Å². The molecule has 0 heterocycles. The van der Waals surface area contributed by atoms with Crippen molar-refractivity contribution in [3.8, 4) is 11.1 Å². The van der Waals surface area contributed by atoms with E-state index in [1.807, 2.05) is 54.6 Å². The Kier molecular flexibility index (Phi) is 4.16. The predicted octanol–water partition coefficient (Wildman–Crippen LogP) is 3.37. The zero-order chi connectivity index (χ0) is 17.1. The highest BCUT2D eigenvalue weighted by Gasteiger charge is 2.05. The molecule has 5 N–H and O–H groups in total. The molecule has 0 fully saturated rings. The topological polar surface area (TPSA) is 93.5 Å². The molecule has 0 aliphatic carbocycles. The molecule has 0 aromatic heterocycles. The lowest BCUT2D eigenvalue weighted by Crippen LogP contribution is -2.21. The summed E-state index contributed by atoms with van der Waals surface area (Å²) < 4.78 is 0. The SMILES string of the molecule is CC(=O)Nc1ccc(-c2cccc3cc(N=C(N)N)ccc23)cc1. The Labute approximate surface area is 140 Å². The second-order valence-corrected chi connectivity index (χ2v) is 5.51. The number of nitrogens with one attached hydrogen (secondary N) is 1. The minimum Gasteiger partial charge on any atom is -0.370 e. The van der Waals surface area contributed by atoms with E-state index in [2.05, 4.69) is 16.4 Å². The summed E-state index contributed by atoms with van der Waals surface area (Å²) in [6.07, 6.45) is 0. The third kappa shape index (κ3) is 3.35. The molecule has 3 rings (SSSR count). The number of hydrogen-bond donors (Lipinski definition) is 3. The first-order valence-electron chi connectivity index (χ1n) is 7.53. The van der Waals surface area contributed by atoms with E-state index in [9.17, 15) is 4.79 Å². The Balaban J connectivity index is 2.03. The van der Waals surface area contributed by atoms with Gasteiger partial charge in [0.2, 0.25) is 5.91 Å². The van der Waals surface area contributed by atoms with E-state index in [0.29, 0.717) is 0 Å². The smallest absolute Gasteiger partial charge is 0.221 e. The second kappa shape index (κ2) is 6.42. The van der Waals surface area contributed by atoms with Gasteiger partial charge in [0.1, 0.15) is 0 Å². The molecule has 120 valence electrons. The summed E-state index contributed by atoms with van der Waals surface area (Å²) >= 11 is 0. The molecule has 5 heteroatoms. The van der Waals surface area contributed by atoms with Gasteiger partial charge in [0.25, 0.3) is 0 Å². The normalized spacial score (nSPS) is 10.4. The molecule has 0 aliphatic heterocycles. The lowest BCUT2D eigenvalue weighted by molar-refractivity contribution is -0.114. The Morgan fingerprint density at radius 3 is 2.42 bits per heavy atom. The van der Waals surface area contributed by atoms with Crippen LogP contribution in [0.1, 0.15) is 6.92 Å². The summed E-state index contributed by atoms with van der Waals surface area (Å²) in [5.41, 5.74) is 14.6. The third-order valence-corrected chi connectivity index (χ3v) is 3.64. The fraction of sp³-hybridized carbons (Fsp3) is 0.0526. The quantitative estimate of drug-likeness (QED) is 0.510. The molecule has 24 heavy (non-hydrogen) atoms. The summed E-state index contributed by atoms with van der Waals surface area (Å²) in [5.74, 6) is -0.0424. The Hall–Kier alpha value is -3.34. The zero-order valence-electron chi connectivity index (χ0n) is 13.3. The minimum absolute atomic E-state index is 0.0408. The number of rotatable bonds is 3. The van der Waals surface area contributed by atoms with Crippen LogP contribution in [-0.2, 0) is 4.79 Å². The Bertz CT molecular complexity index is 926. The molecule has 0 unspecified atom stereocenters. The molecule has 0 aliphatic rings. The number of nitrogens with zero attached hydrogens (tertiary/aromatic N) is 1. The monoisotopic (exact) mass is 318 g/mol. The number of anilines is 1. The van der Waals surface area contributed by atoms with E-state index in [4.69, 9.17) is 11.5 Å². The number of carbonyl (C=O) groups is 1. The predicted molar refractivity (Wildman–Crippen MR) is 99.2 cm³/mol. The molecule has 0 bridgehead atoms. The molecule has 0 saturated carbocycles. The number of amides is 1. The molecule has 0 radical (unpaired) electrons. The van der Waals surface area contributed by atoms with Gasteiger partial charge in [-0.25, -0.2) is 4.99 Å². The summed E-state index contributed by atoms with van der Waals surface area (Å²) in [7, 11) is 0. The summed E-state index contributed by atoms with van der Waals surface area (Å²) in [6, 6.07) is 19.7. The Morgan fingerprint density at radius 2 is 1.75 bits per heavy atom. The molecular formula is C19H18N4O. The highest BCUT2D eigenvalue weighted by Crippen LogP contribution is 2.31. The molecule has 0 atom stereocenters. The standard InChI is InChI=1S/C19H18N4O/c1-12(24)22-15-7-5-13(6-8-15)17-4-2-3-14-11-16(23-19(20)21)9-10-18(14)17/h2-11H,1H3,(H,22,24)(H4,20,21,23). The minimum atomic E-state index is -0.0832. The highest BCUT2D eigenvalue weighted by atomic mass is 16.1. The van der Waals surface area contributed by atoms with Gasteiger partial charge in [0, 0.05) is 12.6 Å². The van der Waals surface area contributed by atoms with E-state index in [1.54, 1.807) is 0 Å². The van der Waals surface area contributed by atoms with Crippen molar-refractivity contribution in [3.63, 3.8) is 0 Å². The molecule has 1 amide bonds. The van der Waals surface area contributed by atoms with Crippen LogP contribution in [0.25, 0.3) is 21.9 Å². The fourth-order valence-corrected chi connectivity index (χ4v) is 2.68. The van der Waals surface area contributed by atoms with Crippen LogP contribution >= 0.6 is 0 Å². The fourth-order valence-electron chi connectivity index (χ4n) is 2.68. The Morgan fingerprint density at radius 1 is 1.00 bits per heavy atom. The first-order chi connectivity index (χ1) is 11.5. The highest BCUT2D eigenvalue weighted by molar-refractivity contribution is 5.98. The lowest BCUT2D eigenvalue weighted by Gasteiger charge is -2.09. The van der Waals surface area contributed by atoms with Crippen molar-refractivity contribution in [1.82, 2.24) is 0 Å². The van der Waals surface area contributed by atoms with Crippen LogP contribution in [0, 0.1) is 0 Å². The first-order valence-corrected chi connectivity index (χ1v) is 7.53. The third-order valence-electron chi connectivity index (χ3n) is 3.64. The first kappa shape index (κ1) is 15.6. The summed E-state index contributed by atoms with van der Waals surface area (Å²) in [5, 5.41) is 4.94. The van der Waals surface area contributed by atoms with Crippen LogP contribution in [0.4, 0.5) is 11.4 Å². The maximum Gasteiger partial charge on any atom is 0.221 e. The van der Waals surface area contributed by atoms with Gasteiger partial charge in [-0.3, -0.25) is 4.79 Å². The van der Waals surface area contributed by atoms with Crippen LogP contribution in [0.3, 0.4) is 0 Å². The molecule has 3 aromatic rings. The van der Waals surface area contributed by atoms with Crippen molar-refractivity contribution in [3.05, 3.63) is 60.7 Å². The number of nitrogens with two attached hydrogens (primary N) is 2. The van der Waals surface area contributed by atoms with E-state index in [1.165, 1.54) is 6.92 Å². The maximum absolute atomic E-state index is 11.1. The van der Waals surface area contributed by atoms with Gasteiger partial charge in [0.05, 0.1) is 5.69 Å². The molecule has 0 saturated heterocycles. The molecule has 3 aromatic carbocycles. The van der Waals surface area contributed by atoms with Crippen LogP contribution in [0.15, 0.2) is 65.7 Å². The van der Waals surface area contributed by atoms with Crippen molar-refractivity contribution < 1.29 is 4.79 Å². The zero-order valence-corrected chi connectivity index (χ0v) is 13.3. The summed E-state index contributed by atoms with van der Waals surface area (Å²) in [4.78, 5) is 15.2. The van der Waals surface area contributed by atoms with Crippen LogP contribution in [-0.4, -0.2) is 11.9 Å². The number of benzene rings is 3. The van der Waals surface area contributed by atoms with Crippen molar-refractivity contribution in [2.45, 2.75) is 6.92 Å². The molecule has 5 nitrogen and oxygen atoms in total.